The van der Waals surface area contributed by atoms with Crippen molar-refractivity contribution in [1.29, 1.82) is 0 Å². The molecule has 16 nitrogen and oxygen atoms in total. The summed E-state index contributed by atoms with van der Waals surface area (Å²) in [5, 5.41) is 22.0. The molecule has 0 saturated carbocycles. The van der Waals surface area contributed by atoms with Crippen LogP contribution in [0.15, 0.2) is 54.6 Å². The molecule has 0 radical (unpaired) electrons. The smallest absolute Gasteiger partial charge is 0.407 e. The van der Waals surface area contributed by atoms with Gasteiger partial charge in [0, 0.05) is 31.9 Å². The lowest BCUT2D eigenvalue weighted by molar-refractivity contribution is -0.136. The molecule has 4 saturated heterocycles. The van der Waals surface area contributed by atoms with Gasteiger partial charge in [-0.1, -0.05) is 46.8 Å². The number of imidazole rings is 1. The molecule has 364 valence electrons. The Morgan fingerprint density at radius 1 is 0.750 bits per heavy atom. The molecule has 4 fully saturated rings. The number of piperidine rings is 1. The summed E-state index contributed by atoms with van der Waals surface area (Å²) in [4.78, 5) is 68.2. The fourth-order valence-electron chi connectivity index (χ4n) is 11.4. The van der Waals surface area contributed by atoms with E-state index >= 15 is 4.39 Å². The summed E-state index contributed by atoms with van der Waals surface area (Å²) in [5.74, 6) is 0.336. The number of aromatic amines is 1. The van der Waals surface area contributed by atoms with Gasteiger partial charge in [0.15, 0.2) is 0 Å². The third-order valence-electron chi connectivity index (χ3n) is 15.1. The summed E-state index contributed by atoms with van der Waals surface area (Å²) in [5.41, 5.74) is 7.06. The number of carboxylic acid groups (broad SMARTS) is 1. The van der Waals surface area contributed by atoms with Gasteiger partial charge in [-0.2, -0.15) is 0 Å². The van der Waals surface area contributed by atoms with Crippen molar-refractivity contribution in [1.82, 2.24) is 30.4 Å². The van der Waals surface area contributed by atoms with E-state index in [0.29, 0.717) is 36.9 Å². The largest absolute Gasteiger partial charge is 0.465 e. The maximum Gasteiger partial charge on any atom is 0.407 e. The first-order chi connectivity index (χ1) is 32.7. The zero-order chi connectivity index (χ0) is 48.0. The summed E-state index contributed by atoms with van der Waals surface area (Å²) >= 11 is 0. The predicted octanol–water partition coefficient (Wildman–Crippen LogP) is 8.51. The number of methoxy groups -OCH3 is 1. The van der Waals surface area contributed by atoms with Gasteiger partial charge in [0.25, 0.3) is 0 Å². The fourth-order valence-corrected chi connectivity index (χ4v) is 11.4. The summed E-state index contributed by atoms with van der Waals surface area (Å²) in [6.45, 7) is 12.5. The molecule has 0 aliphatic carbocycles. The van der Waals surface area contributed by atoms with Crippen LogP contribution in [0.2, 0.25) is 0 Å². The van der Waals surface area contributed by atoms with Crippen LogP contribution in [0.4, 0.5) is 36.7 Å². The number of anilines is 4. The normalized spacial score (nSPS) is 23.8. The SMILES string of the molecule is COC(=O)N[C@H](C(=O)N1CCC[C@H]1C1Nc2ccc([C@H]3CC[C@H](c4ccc5[nH]c([C@@H]6CCCN6C(=O)[C@@H](NC(=O)O)C(C)C)nc5c4)N3c3ccc(N4CCC(C)CC4)c(F)c3)cc2N1)C(C)C. The van der Waals surface area contributed by atoms with Crippen molar-refractivity contribution in [3.05, 3.63) is 77.4 Å². The van der Waals surface area contributed by atoms with E-state index in [1.165, 1.54) is 7.11 Å². The van der Waals surface area contributed by atoms with Gasteiger partial charge in [0.2, 0.25) is 11.8 Å². The number of ether oxygens (including phenoxy) is 1. The van der Waals surface area contributed by atoms with Gasteiger partial charge in [0.1, 0.15) is 29.9 Å². The van der Waals surface area contributed by atoms with E-state index < -0.39 is 24.3 Å². The highest BCUT2D eigenvalue weighted by Crippen LogP contribution is 2.49. The van der Waals surface area contributed by atoms with E-state index in [-0.39, 0.29) is 59.8 Å². The van der Waals surface area contributed by atoms with Crippen LogP contribution in [0.3, 0.4) is 0 Å². The number of hydrogen-bond donors (Lipinski definition) is 6. The van der Waals surface area contributed by atoms with Gasteiger partial charge in [0.05, 0.1) is 59.4 Å². The average molecular weight is 935 g/mol. The summed E-state index contributed by atoms with van der Waals surface area (Å²) < 4.78 is 21.3. The Balaban J connectivity index is 0.997. The highest BCUT2D eigenvalue weighted by atomic mass is 19.1. The van der Waals surface area contributed by atoms with Gasteiger partial charge in [-0.05, 0) is 123 Å². The minimum atomic E-state index is -1.23. The lowest BCUT2D eigenvalue weighted by Crippen LogP contribution is -2.56. The first-order valence-corrected chi connectivity index (χ1v) is 24.6. The fraction of sp³-hybridized carbons (Fsp3) is 0.549. The number of nitrogens with zero attached hydrogens (tertiary/aromatic N) is 5. The molecule has 3 aromatic carbocycles. The van der Waals surface area contributed by atoms with Crippen LogP contribution in [-0.2, 0) is 14.3 Å². The number of nitrogens with one attached hydrogen (secondary N) is 5. The Bertz CT molecular complexity index is 2530. The van der Waals surface area contributed by atoms with Crippen molar-refractivity contribution >= 4 is 57.8 Å². The van der Waals surface area contributed by atoms with Crippen LogP contribution in [0.25, 0.3) is 11.0 Å². The number of hydrogen-bond acceptors (Lipinski definition) is 10. The van der Waals surface area contributed by atoms with Crippen molar-refractivity contribution in [3.8, 4) is 0 Å². The van der Waals surface area contributed by atoms with Crippen molar-refractivity contribution in [3.63, 3.8) is 0 Å². The number of H-pyrrole nitrogens is 1. The average Bonchev–Trinajstić information content (AvgIpc) is 4.18. The molecule has 4 aromatic rings. The number of benzene rings is 3. The lowest BCUT2D eigenvalue weighted by Gasteiger charge is -2.35. The third-order valence-corrected chi connectivity index (χ3v) is 15.1. The number of likely N-dealkylation sites (tertiary alicyclic amines) is 2. The van der Waals surface area contributed by atoms with Crippen molar-refractivity contribution in [2.75, 3.05) is 53.7 Å². The Labute approximate surface area is 397 Å². The van der Waals surface area contributed by atoms with E-state index in [1.54, 1.807) is 11.0 Å². The zero-order valence-corrected chi connectivity index (χ0v) is 40.1. The number of fused-ring (bicyclic) bond motifs is 2. The van der Waals surface area contributed by atoms with Crippen LogP contribution in [-0.4, -0.2) is 106 Å². The first-order valence-electron chi connectivity index (χ1n) is 24.6. The molecule has 17 heteroatoms. The highest BCUT2D eigenvalue weighted by Gasteiger charge is 2.43. The lowest BCUT2D eigenvalue weighted by atomic mass is 9.98. The Morgan fingerprint density at radius 3 is 2.09 bits per heavy atom. The zero-order valence-electron chi connectivity index (χ0n) is 40.1. The van der Waals surface area contributed by atoms with Gasteiger partial charge in [-0.25, -0.2) is 19.0 Å². The van der Waals surface area contributed by atoms with Crippen LogP contribution < -0.4 is 31.1 Å². The standard InChI is InChI=1S/C51H67FN10O6/c1-28(2)44(57-50(65)66)48(63)60-21-7-9-42(60)46-53-35-14-11-31(25-37(35)55-46)39-17-18-40(62(39)33-13-16-41(34(52)27-33)59-23-19-30(5)20-24-59)32-12-15-36-38(26-32)56-47(54-36)43-10-8-22-61(43)49(64)45(29(3)4)58-51(67)68-6/h11-16,25-30,39-40,42-45,47,54,56-57H,7-10,17-24H2,1-6H3,(H,53,55)(H,58,67)(H,65,66)/t39-,40-,42+,43+,44+,45+,47?/m1/s1. The first kappa shape index (κ1) is 46.8. The van der Waals surface area contributed by atoms with Crippen molar-refractivity contribution in [2.24, 2.45) is 17.8 Å². The summed E-state index contributed by atoms with van der Waals surface area (Å²) in [6.07, 6.45) is 4.74. The predicted molar refractivity (Wildman–Crippen MR) is 260 cm³/mol. The van der Waals surface area contributed by atoms with Gasteiger partial charge >= 0.3 is 12.2 Å². The van der Waals surface area contributed by atoms with E-state index in [9.17, 15) is 24.3 Å². The Morgan fingerprint density at radius 2 is 1.40 bits per heavy atom. The second kappa shape index (κ2) is 19.4. The summed E-state index contributed by atoms with van der Waals surface area (Å²) in [7, 11) is 1.30. The Hall–Kier alpha value is -6.26. The second-order valence-corrected chi connectivity index (χ2v) is 20.3. The molecule has 4 amide bonds. The minimum absolute atomic E-state index is 0.0928. The third kappa shape index (κ3) is 9.19. The maximum absolute atomic E-state index is 16.5. The van der Waals surface area contributed by atoms with Gasteiger partial charge in [-0.15, -0.1) is 0 Å². The minimum Gasteiger partial charge on any atom is -0.465 e. The topological polar surface area (TPSA) is 188 Å². The molecular weight excluding hydrogens is 868 g/mol. The molecule has 6 heterocycles. The number of aromatic nitrogens is 2. The maximum atomic E-state index is 16.5. The molecule has 5 aliphatic rings. The molecule has 7 atom stereocenters. The molecule has 0 bridgehead atoms. The quantitative estimate of drug-likeness (QED) is 0.0800. The monoisotopic (exact) mass is 935 g/mol. The second-order valence-electron chi connectivity index (χ2n) is 20.3. The van der Waals surface area contributed by atoms with E-state index in [0.717, 1.165) is 97.3 Å². The van der Waals surface area contributed by atoms with Crippen LogP contribution in [0.1, 0.15) is 121 Å². The molecule has 68 heavy (non-hydrogen) atoms. The van der Waals surface area contributed by atoms with E-state index in [1.807, 2.05) is 44.7 Å². The Kier molecular flexibility index (Phi) is 13.4. The van der Waals surface area contributed by atoms with Crippen molar-refractivity contribution in [2.45, 2.75) is 128 Å². The molecule has 9 rings (SSSR count). The number of carbonyl (C=O) groups excluding carboxylic acids is 3. The van der Waals surface area contributed by atoms with Gasteiger partial charge in [-0.3, -0.25) is 9.59 Å². The molecule has 6 N–H and O–H groups in total. The molecule has 0 spiro atoms. The molecule has 1 aromatic heterocycles. The number of carbonyl (C=O) groups is 4. The van der Waals surface area contributed by atoms with Crippen molar-refractivity contribution < 1.29 is 33.4 Å². The number of amides is 4. The summed E-state index contributed by atoms with van der Waals surface area (Å²) in [6, 6.07) is 16.2. The van der Waals surface area contributed by atoms with Gasteiger partial charge < -0.3 is 55.7 Å². The number of alkyl carbamates (subject to hydrolysis) is 1. The molecular formula is C51H67FN10O6. The highest BCUT2D eigenvalue weighted by molar-refractivity contribution is 5.88. The molecule has 5 aliphatic heterocycles. The number of halogens is 1. The number of rotatable bonds is 12. The molecule has 1 unspecified atom stereocenters. The van der Waals surface area contributed by atoms with E-state index in [2.05, 4.69) is 79.4 Å². The van der Waals surface area contributed by atoms with Crippen LogP contribution in [0.5, 0.6) is 0 Å². The van der Waals surface area contributed by atoms with Crippen LogP contribution >= 0.6 is 0 Å². The van der Waals surface area contributed by atoms with Crippen LogP contribution in [0, 0.1) is 23.6 Å². The van der Waals surface area contributed by atoms with E-state index in [4.69, 9.17) is 9.72 Å².